The van der Waals surface area contributed by atoms with Gasteiger partial charge in [-0.25, -0.2) is 0 Å². The highest BCUT2D eigenvalue weighted by molar-refractivity contribution is 5.39. The van der Waals surface area contributed by atoms with Gasteiger partial charge in [-0.2, -0.15) is 0 Å². The molecular weight excluding hydrogens is 140 g/mol. The third-order valence-electron chi connectivity index (χ3n) is 1.39. The Morgan fingerprint density at radius 1 is 1.64 bits per heavy atom. The van der Waals surface area contributed by atoms with Crippen LogP contribution in [-0.4, -0.2) is 11.5 Å². The van der Waals surface area contributed by atoms with Crippen molar-refractivity contribution < 1.29 is 0 Å². The number of nitrogens with one attached hydrogen (secondary N) is 2. The Hall–Kier alpha value is -1.25. The lowest BCUT2D eigenvalue weighted by Gasteiger charge is -2.00. The van der Waals surface area contributed by atoms with Crippen molar-refractivity contribution in [3.63, 3.8) is 0 Å². The number of rotatable bonds is 3. The van der Waals surface area contributed by atoms with Crippen LogP contribution in [0, 0.1) is 0 Å². The van der Waals surface area contributed by atoms with Crippen LogP contribution in [0.4, 0.5) is 5.69 Å². The van der Waals surface area contributed by atoms with Crippen molar-refractivity contribution in [3.05, 3.63) is 28.7 Å². The summed E-state index contributed by atoms with van der Waals surface area (Å²) < 4.78 is 0. The van der Waals surface area contributed by atoms with E-state index in [0.717, 1.165) is 13.0 Å². The zero-order valence-corrected chi connectivity index (χ0v) is 6.55. The van der Waals surface area contributed by atoms with Crippen molar-refractivity contribution in [1.29, 1.82) is 0 Å². The van der Waals surface area contributed by atoms with Crippen molar-refractivity contribution >= 4 is 5.69 Å². The van der Waals surface area contributed by atoms with Gasteiger partial charge in [0.25, 0.3) is 0 Å². The highest BCUT2D eigenvalue weighted by atomic mass is 16.1. The highest BCUT2D eigenvalue weighted by Crippen LogP contribution is 1.93. The summed E-state index contributed by atoms with van der Waals surface area (Å²) in [6, 6.07) is 1.51. The SMILES string of the molecule is CCCNc1c[nH]ccc1=O. The van der Waals surface area contributed by atoms with E-state index in [9.17, 15) is 4.79 Å². The fraction of sp³-hybridized carbons (Fsp3) is 0.375. The predicted molar refractivity (Wildman–Crippen MR) is 45.8 cm³/mol. The molecule has 1 aromatic rings. The largest absolute Gasteiger partial charge is 0.381 e. The van der Waals surface area contributed by atoms with E-state index in [0.29, 0.717) is 5.69 Å². The zero-order valence-electron chi connectivity index (χ0n) is 6.55. The lowest BCUT2D eigenvalue weighted by molar-refractivity contribution is 0.975. The van der Waals surface area contributed by atoms with E-state index < -0.39 is 0 Å². The molecular formula is C8H12N2O. The van der Waals surface area contributed by atoms with Crippen LogP contribution in [0.5, 0.6) is 0 Å². The summed E-state index contributed by atoms with van der Waals surface area (Å²) in [4.78, 5) is 13.9. The van der Waals surface area contributed by atoms with Gasteiger partial charge in [0.2, 0.25) is 5.43 Å². The van der Waals surface area contributed by atoms with Gasteiger partial charge in [0.05, 0.1) is 5.69 Å². The molecule has 11 heavy (non-hydrogen) atoms. The van der Waals surface area contributed by atoms with Crippen LogP contribution in [0.25, 0.3) is 0 Å². The van der Waals surface area contributed by atoms with E-state index in [1.54, 1.807) is 12.4 Å². The summed E-state index contributed by atoms with van der Waals surface area (Å²) in [5.74, 6) is 0. The fourth-order valence-electron chi connectivity index (χ4n) is 0.814. The molecule has 3 nitrogen and oxygen atoms in total. The number of anilines is 1. The van der Waals surface area contributed by atoms with E-state index >= 15 is 0 Å². The van der Waals surface area contributed by atoms with E-state index in [1.165, 1.54) is 6.07 Å². The Bertz CT molecular complexity index is 267. The van der Waals surface area contributed by atoms with Crippen molar-refractivity contribution in [2.24, 2.45) is 0 Å². The van der Waals surface area contributed by atoms with E-state index in [4.69, 9.17) is 0 Å². The Morgan fingerprint density at radius 3 is 3.09 bits per heavy atom. The van der Waals surface area contributed by atoms with Crippen LogP contribution in [0.2, 0.25) is 0 Å². The minimum absolute atomic E-state index is 0.0391. The first-order chi connectivity index (χ1) is 5.34. The molecule has 0 saturated carbocycles. The third-order valence-corrected chi connectivity index (χ3v) is 1.39. The molecule has 0 aliphatic rings. The highest BCUT2D eigenvalue weighted by Gasteiger charge is 1.92. The molecule has 0 radical (unpaired) electrons. The number of aromatic amines is 1. The van der Waals surface area contributed by atoms with E-state index in [2.05, 4.69) is 17.2 Å². The molecule has 0 fully saturated rings. The summed E-state index contributed by atoms with van der Waals surface area (Å²) in [6.45, 7) is 2.90. The summed E-state index contributed by atoms with van der Waals surface area (Å²) in [7, 11) is 0. The second-order valence-electron chi connectivity index (χ2n) is 2.35. The molecule has 0 atom stereocenters. The second kappa shape index (κ2) is 3.81. The van der Waals surface area contributed by atoms with Crippen molar-refractivity contribution in [2.45, 2.75) is 13.3 Å². The summed E-state index contributed by atoms with van der Waals surface area (Å²) in [6.07, 6.45) is 4.33. The smallest absolute Gasteiger partial charge is 0.204 e. The van der Waals surface area contributed by atoms with E-state index in [1.807, 2.05) is 0 Å². The Kier molecular flexibility index (Phi) is 2.72. The predicted octanol–water partition coefficient (Wildman–Crippen LogP) is 1.20. The maximum absolute atomic E-state index is 11.0. The Morgan fingerprint density at radius 2 is 2.45 bits per heavy atom. The third kappa shape index (κ3) is 2.11. The Balaban J connectivity index is 2.70. The molecule has 1 heterocycles. The van der Waals surface area contributed by atoms with Gasteiger partial charge < -0.3 is 10.3 Å². The first-order valence-electron chi connectivity index (χ1n) is 3.75. The minimum atomic E-state index is 0.0391. The molecule has 0 aliphatic carbocycles. The van der Waals surface area contributed by atoms with Gasteiger partial charge >= 0.3 is 0 Å². The van der Waals surface area contributed by atoms with Crippen LogP contribution >= 0.6 is 0 Å². The molecule has 3 heteroatoms. The van der Waals surface area contributed by atoms with Crippen molar-refractivity contribution in [3.8, 4) is 0 Å². The molecule has 60 valence electrons. The average molecular weight is 152 g/mol. The van der Waals surface area contributed by atoms with Gasteiger partial charge in [0.1, 0.15) is 0 Å². The molecule has 1 aromatic heterocycles. The second-order valence-corrected chi connectivity index (χ2v) is 2.35. The van der Waals surface area contributed by atoms with Gasteiger partial charge in [-0.05, 0) is 6.42 Å². The molecule has 0 bridgehead atoms. The van der Waals surface area contributed by atoms with Crippen LogP contribution < -0.4 is 10.7 Å². The summed E-state index contributed by atoms with van der Waals surface area (Å²) in [5.41, 5.74) is 0.687. The van der Waals surface area contributed by atoms with E-state index in [-0.39, 0.29) is 5.43 Å². The first kappa shape index (κ1) is 7.85. The molecule has 0 amide bonds. The lowest BCUT2D eigenvalue weighted by atomic mass is 10.4. The molecule has 0 saturated heterocycles. The Labute approximate surface area is 65.5 Å². The molecule has 1 rings (SSSR count). The number of hydrogen-bond donors (Lipinski definition) is 2. The fourth-order valence-corrected chi connectivity index (χ4v) is 0.814. The maximum atomic E-state index is 11.0. The molecule has 0 unspecified atom stereocenters. The molecule has 2 N–H and O–H groups in total. The molecule has 0 aromatic carbocycles. The standard InChI is InChI=1S/C8H12N2O/c1-2-4-10-7-6-9-5-3-8(7)11/h3,5-6,10H,2,4H2,1H3,(H,9,11). The van der Waals surface area contributed by atoms with Gasteiger partial charge in [-0.3, -0.25) is 4.79 Å². The summed E-state index contributed by atoms with van der Waals surface area (Å²) >= 11 is 0. The lowest BCUT2D eigenvalue weighted by Crippen LogP contribution is -2.10. The van der Waals surface area contributed by atoms with Crippen LogP contribution in [-0.2, 0) is 0 Å². The van der Waals surface area contributed by atoms with Gasteiger partial charge in [0, 0.05) is 25.0 Å². The summed E-state index contributed by atoms with van der Waals surface area (Å²) in [5, 5.41) is 3.02. The van der Waals surface area contributed by atoms with Gasteiger partial charge in [-0.1, -0.05) is 6.92 Å². The van der Waals surface area contributed by atoms with Crippen molar-refractivity contribution in [1.82, 2.24) is 4.98 Å². The van der Waals surface area contributed by atoms with Crippen LogP contribution in [0.3, 0.4) is 0 Å². The monoisotopic (exact) mass is 152 g/mol. The van der Waals surface area contributed by atoms with Gasteiger partial charge in [0.15, 0.2) is 0 Å². The van der Waals surface area contributed by atoms with Gasteiger partial charge in [-0.15, -0.1) is 0 Å². The number of aromatic nitrogens is 1. The zero-order chi connectivity index (χ0) is 8.10. The van der Waals surface area contributed by atoms with Crippen LogP contribution in [0.1, 0.15) is 13.3 Å². The number of pyridine rings is 1. The molecule has 0 spiro atoms. The first-order valence-corrected chi connectivity index (χ1v) is 3.75. The quantitative estimate of drug-likeness (QED) is 0.683. The minimum Gasteiger partial charge on any atom is -0.381 e. The average Bonchev–Trinajstić information content (AvgIpc) is 2.03. The van der Waals surface area contributed by atoms with Crippen molar-refractivity contribution in [2.75, 3.05) is 11.9 Å². The normalized spacial score (nSPS) is 9.55. The van der Waals surface area contributed by atoms with Crippen LogP contribution in [0.15, 0.2) is 23.3 Å². The maximum Gasteiger partial charge on any atom is 0.204 e. The number of hydrogen-bond acceptors (Lipinski definition) is 2. The number of H-pyrrole nitrogens is 1. The topological polar surface area (TPSA) is 44.9 Å². The molecule has 0 aliphatic heterocycles.